The lowest BCUT2D eigenvalue weighted by Crippen LogP contribution is -2.46. The number of anilines is 2. The summed E-state index contributed by atoms with van der Waals surface area (Å²) >= 11 is 0. The van der Waals surface area contributed by atoms with Crippen LogP contribution in [0.2, 0.25) is 0 Å². The van der Waals surface area contributed by atoms with Crippen LogP contribution < -0.4 is 17.0 Å². The Hall–Kier alpha value is -3.71. The first-order valence-corrected chi connectivity index (χ1v) is 12.1. The highest BCUT2D eigenvalue weighted by molar-refractivity contribution is 5.87. The topological polar surface area (TPSA) is 141 Å². The number of ether oxygens (including phenoxy) is 2. The molecule has 3 heterocycles. The quantitative estimate of drug-likeness (QED) is 0.352. The summed E-state index contributed by atoms with van der Waals surface area (Å²) in [5, 5.41) is 12.8. The van der Waals surface area contributed by atoms with Crippen LogP contribution in [-0.2, 0) is 19.7 Å². The fourth-order valence-electron chi connectivity index (χ4n) is 3.64. The van der Waals surface area contributed by atoms with Gasteiger partial charge in [0.1, 0.15) is 5.82 Å². The van der Waals surface area contributed by atoms with Crippen molar-refractivity contribution in [3.8, 4) is 11.8 Å². The molecule has 2 aliphatic heterocycles. The maximum absolute atomic E-state index is 11.0. The molecule has 5 N–H and O–H groups in total. The summed E-state index contributed by atoms with van der Waals surface area (Å²) in [6, 6.07) is 19.9. The van der Waals surface area contributed by atoms with E-state index in [2.05, 4.69) is 36.5 Å². The fourth-order valence-corrected chi connectivity index (χ4v) is 3.64. The van der Waals surface area contributed by atoms with Gasteiger partial charge in [-0.15, -0.1) is 0 Å². The van der Waals surface area contributed by atoms with Gasteiger partial charge >= 0.3 is 0 Å². The van der Waals surface area contributed by atoms with Crippen molar-refractivity contribution in [2.24, 2.45) is 11.3 Å². The molecule has 0 atom stereocenters. The van der Waals surface area contributed by atoms with Gasteiger partial charge in [-0.2, -0.15) is 10.4 Å². The minimum Gasteiger partial charge on any atom is -0.384 e. The molecule has 0 amide bonds. The third-order valence-electron chi connectivity index (χ3n) is 6.45. The number of aryl methyl sites for hydroxylation is 2. The lowest BCUT2D eigenvalue weighted by Gasteiger charge is -2.36. The third-order valence-corrected chi connectivity index (χ3v) is 6.45. The van der Waals surface area contributed by atoms with E-state index in [9.17, 15) is 4.79 Å². The molecule has 0 aliphatic carbocycles. The number of aromatic nitrogens is 2. The number of nitrogens with zero attached hydrogens (tertiary/aromatic N) is 3. The van der Waals surface area contributed by atoms with Gasteiger partial charge in [-0.25, -0.2) is 4.68 Å². The minimum absolute atomic E-state index is 0.00116. The maximum atomic E-state index is 11.0. The highest BCUT2D eigenvalue weighted by Gasteiger charge is 2.40. The van der Waals surface area contributed by atoms with E-state index in [0.717, 1.165) is 30.3 Å². The van der Waals surface area contributed by atoms with E-state index >= 15 is 0 Å². The van der Waals surface area contributed by atoms with Gasteiger partial charge in [0.25, 0.3) is 0 Å². The van der Waals surface area contributed by atoms with E-state index < -0.39 is 0 Å². The van der Waals surface area contributed by atoms with Crippen LogP contribution in [0.4, 0.5) is 11.5 Å². The zero-order chi connectivity index (χ0) is 27.1. The molecule has 2 fully saturated rings. The molecule has 1 aromatic heterocycles. The molecule has 0 spiro atoms. The number of benzene rings is 2. The summed E-state index contributed by atoms with van der Waals surface area (Å²) in [5.74, 6) is 5.82. The van der Waals surface area contributed by atoms with Crippen LogP contribution in [0.5, 0.6) is 0 Å². The van der Waals surface area contributed by atoms with Crippen molar-refractivity contribution < 1.29 is 14.3 Å². The molecule has 9 heteroatoms. The fraction of sp³-hybridized carbons (Fsp3) is 0.393. The number of nitrogens with two attached hydrogens (primary N) is 2. The summed E-state index contributed by atoms with van der Waals surface area (Å²) in [6.45, 7) is 10.5. The van der Waals surface area contributed by atoms with Crippen LogP contribution in [0.25, 0.3) is 5.69 Å². The number of ketones is 1. The Kier molecular flexibility index (Phi) is 9.05. The number of hydrazine groups is 1. The molecule has 196 valence electrons. The zero-order valence-corrected chi connectivity index (χ0v) is 22.0. The first-order chi connectivity index (χ1) is 17.6. The van der Waals surface area contributed by atoms with Gasteiger partial charge in [-0.3, -0.25) is 10.6 Å². The molecule has 9 nitrogen and oxygen atoms in total. The Morgan fingerprint density at radius 1 is 1.03 bits per heavy atom. The summed E-state index contributed by atoms with van der Waals surface area (Å²) < 4.78 is 11.9. The molecule has 5 rings (SSSR count). The van der Waals surface area contributed by atoms with Gasteiger partial charge in [0, 0.05) is 11.8 Å². The van der Waals surface area contributed by atoms with Crippen molar-refractivity contribution in [3.05, 3.63) is 71.4 Å². The van der Waals surface area contributed by atoms with Crippen LogP contribution in [0.1, 0.15) is 37.1 Å². The van der Waals surface area contributed by atoms with Crippen LogP contribution in [0.3, 0.4) is 0 Å². The average molecular weight is 505 g/mol. The van der Waals surface area contributed by atoms with Gasteiger partial charge in [-0.1, -0.05) is 35.4 Å². The number of hydrogen-bond donors (Lipinski definition) is 3. The van der Waals surface area contributed by atoms with Gasteiger partial charge in [0.15, 0.2) is 5.78 Å². The summed E-state index contributed by atoms with van der Waals surface area (Å²) in [5.41, 5.74) is 13.7. The molecule has 2 aromatic carbocycles. The standard InChI is InChI=1S/C14H17N3O.C7H10N2.C7H9NO2/c1-10-3-5-11(6-4-10)17-13(15)7-12(16-17)14(2)8-18-9-14;1-6-2-4-7(9-8)5-3-6;1-7(4-10-5-7)6(9)2-3-8/h3-7H,8-9,15H2,1-2H3;2-5,9H,8H2,1H3;2,4-5H2,1H3. The van der Waals surface area contributed by atoms with Gasteiger partial charge < -0.3 is 20.6 Å². The van der Waals surface area contributed by atoms with E-state index in [1.54, 1.807) is 4.68 Å². The van der Waals surface area contributed by atoms with Crippen LogP contribution in [0.15, 0.2) is 54.6 Å². The Bertz CT molecular complexity index is 1220. The van der Waals surface area contributed by atoms with Crippen LogP contribution in [-0.4, -0.2) is 42.0 Å². The van der Waals surface area contributed by atoms with Crippen LogP contribution in [0, 0.1) is 30.6 Å². The number of Topliss-reactive ketones (excluding diaryl/α,β-unsaturated/α-hetero) is 1. The molecule has 0 bridgehead atoms. The summed E-state index contributed by atoms with van der Waals surface area (Å²) in [7, 11) is 0. The number of carbonyl (C=O) groups excluding carboxylic acids is 1. The van der Waals surface area contributed by atoms with E-state index in [-0.39, 0.29) is 23.0 Å². The minimum atomic E-state index is -0.351. The van der Waals surface area contributed by atoms with E-state index in [1.165, 1.54) is 11.1 Å². The number of nitrogens with one attached hydrogen (secondary N) is 1. The molecule has 0 radical (unpaired) electrons. The van der Waals surface area contributed by atoms with E-state index in [0.29, 0.717) is 19.0 Å². The Morgan fingerprint density at radius 3 is 2.00 bits per heavy atom. The zero-order valence-electron chi connectivity index (χ0n) is 22.0. The van der Waals surface area contributed by atoms with Crippen molar-refractivity contribution in [3.63, 3.8) is 0 Å². The lowest BCUT2D eigenvalue weighted by atomic mass is 9.83. The Labute approximate surface area is 218 Å². The van der Waals surface area contributed by atoms with Crippen molar-refractivity contribution in [1.29, 1.82) is 5.26 Å². The number of rotatable bonds is 5. The number of nitriles is 1. The molecular weight excluding hydrogens is 468 g/mol. The van der Waals surface area contributed by atoms with Crippen molar-refractivity contribution in [2.75, 3.05) is 37.6 Å². The second-order valence-corrected chi connectivity index (χ2v) is 10.1. The highest BCUT2D eigenvalue weighted by atomic mass is 16.5. The first-order valence-electron chi connectivity index (χ1n) is 12.1. The second-order valence-electron chi connectivity index (χ2n) is 10.1. The largest absolute Gasteiger partial charge is 0.384 e. The maximum Gasteiger partial charge on any atom is 0.157 e. The lowest BCUT2D eigenvalue weighted by molar-refractivity contribution is -0.154. The normalized spacial score (nSPS) is 16.3. The number of nitrogen functional groups attached to an aromatic ring is 2. The van der Waals surface area contributed by atoms with Crippen molar-refractivity contribution in [1.82, 2.24) is 9.78 Å². The molecule has 2 aliphatic rings. The predicted molar refractivity (Wildman–Crippen MR) is 144 cm³/mol. The molecule has 37 heavy (non-hydrogen) atoms. The smallest absolute Gasteiger partial charge is 0.157 e. The van der Waals surface area contributed by atoms with Crippen molar-refractivity contribution >= 4 is 17.3 Å². The molecule has 0 saturated carbocycles. The Morgan fingerprint density at radius 2 is 1.57 bits per heavy atom. The van der Waals surface area contributed by atoms with Crippen molar-refractivity contribution in [2.45, 2.75) is 39.5 Å². The third kappa shape index (κ3) is 6.95. The monoisotopic (exact) mass is 504 g/mol. The molecular formula is C28H36N6O3. The molecule has 3 aromatic rings. The average Bonchev–Trinajstić information content (AvgIpc) is 3.25. The predicted octanol–water partition coefficient (Wildman–Crippen LogP) is 3.84. The number of carbonyl (C=O) groups is 1. The van der Waals surface area contributed by atoms with Gasteiger partial charge in [0.05, 0.1) is 61.1 Å². The van der Waals surface area contributed by atoms with Crippen LogP contribution >= 0.6 is 0 Å². The second kappa shape index (κ2) is 12.0. The molecule has 0 unspecified atom stereocenters. The van der Waals surface area contributed by atoms with E-state index in [4.69, 9.17) is 26.3 Å². The SMILES string of the molecule is CC1(C(=O)CC#N)COC1.Cc1ccc(-n2nc(C3(C)COC3)cc2N)cc1.Cc1ccc(NN)cc1. The van der Waals surface area contributed by atoms with Gasteiger partial charge in [-0.05, 0) is 52.0 Å². The summed E-state index contributed by atoms with van der Waals surface area (Å²) in [6.07, 6.45) is 0.0137. The number of hydrogen-bond acceptors (Lipinski definition) is 8. The first kappa shape index (κ1) is 27.9. The van der Waals surface area contributed by atoms with Gasteiger partial charge in [0.2, 0.25) is 0 Å². The summed E-state index contributed by atoms with van der Waals surface area (Å²) in [4.78, 5) is 11.0. The van der Waals surface area contributed by atoms with E-state index in [1.807, 2.05) is 62.4 Å². The Balaban J connectivity index is 0.000000170. The highest BCUT2D eigenvalue weighted by Crippen LogP contribution is 2.32. The molecule has 2 saturated heterocycles.